The first kappa shape index (κ1) is 15.2. The first-order valence-corrected chi connectivity index (χ1v) is 7.24. The van der Waals surface area contributed by atoms with Gasteiger partial charge in [0, 0.05) is 30.1 Å². The predicted octanol–water partition coefficient (Wildman–Crippen LogP) is 3.04. The number of nitrogens with one attached hydrogen (secondary N) is 1. The molecule has 1 aromatic rings. The lowest BCUT2D eigenvalue weighted by Gasteiger charge is -2.49. The van der Waals surface area contributed by atoms with E-state index >= 15 is 0 Å². The van der Waals surface area contributed by atoms with Crippen LogP contribution in [-0.2, 0) is 0 Å². The molecule has 1 heterocycles. The molecule has 0 saturated carbocycles. The molecule has 0 radical (unpaired) electrons. The molecular weight excluding hydrogens is 248 g/mol. The standard InChI is InChI=1S/C17H26N2O/c1-13-8-6-7-9-14(13)10-18-17(20)11-15(2,3)19-16(4,5)12-17/h6-10,19-20H,11-12H2,1-5H3. The van der Waals surface area contributed by atoms with E-state index in [9.17, 15) is 5.11 Å². The second-order valence-corrected chi connectivity index (χ2v) is 7.34. The summed E-state index contributed by atoms with van der Waals surface area (Å²) in [5, 5.41) is 14.4. The molecule has 1 saturated heterocycles. The molecule has 2 rings (SSSR count). The van der Waals surface area contributed by atoms with E-state index in [1.165, 1.54) is 5.56 Å². The minimum atomic E-state index is -0.999. The van der Waals surface area contributed by atoms with Crippen molar-refractivity contribution in [1.82, 2.24) is 5.32 Å². The van der Waals surface area contributed by atoms with Crippen LogP contribution in [0.15, 0.2) is 29.3 Å². The van der Waals surface area contributed by atoms with Crippen LogP contribution in [0.2, 0.25) is 0 Å². The molecule has 1 aromatic carbocycles. The summed E-state index contributed by atoms with van der Waals surface area (Å²) in [5.74, 6) is 0. The molecule has 1 aliphatic rings. The monoisotopic (exact) mass is 274 g/mol. The highest BCUT2D eigenvalue weighted by Gasteiger charge is 2.45. The molecule has 0 aliphatic carbocycles. The highest BCUT2D eigenvalue weighted by atomic mass is 16.3. The summed E-state index contributed by atoms with van der Waals surface area (Å²) in [4.78, 5) is 4.53. The van der Waals surface area contributed by atoms with Crippen LogP contribution in [0, 0.1) is 6.92 Å². The maximum Gasteiger partial charge on any atom is 0.159 e. The fourth-order valence-electron chi connectivity index (χ4n) is 3.50. The fourth-order valence-corrected chi connectivity index (χ4v) is 3.50. The number of aliphatic imine (C=N–C) groups is 1. The quantitative estimate of drug-likeness (QED) is 0.814. The molecule has 3 heteroatoms. The Hall–Kier alpha value is -1.19. The van der Waals surface area contributed by atoms with E-state index in [0.29, 0.717) is 12.8 Å². The highest BCUT2D eigenvalue weighted by Crippen LogP contribution is 2.36. The van der Waals surface area contributed by atoms with Gasteiger partial charge in [-0.25, -0.2) is 0 Å². The van der Waals surface area contributed by atoms with Crippen molar-refractivity contribution in [2.45, 2.75) is 64.3 Å². The molecule has 2 N–H and O–H groups in total. The van der Waals surface area contributed by atoms with E-state index < -0.39 is 5.72 Å². The van der Waals surface area contributed by atoms with Crippen LogP contribution < -0.4 is 5.32 Å². The molecule has 0 bridgehead atoms. The first-order valence-electron chi connectivity index (χ1n) is 7.24. The lowest BCUT2D eigenvalue weighted by atomic mass is 9.77. The third kappa shape index (κ3) is 3.68. The lowest BCUT2D eigenvalue weighted by molar-refractivity contribution is -0.0486. The lowest BCUT2D eigenvalue weighted by Crippen LogP contribution is -2.63. The summed E-state index contributed by atoms with van der Waals surface area (Å²) in [7, 11) is 0. The van der Waals surface area contributed by atoms with E-state index in [1.807, 2.05) is 24.4 Å². The van der Waals surface area contributed by atoms with Crippen LogP contribution in [0.4, 0.5) is 0 Å². The van der Waals surface area contributed by atoms with E-state index in [-0.39, 0.29) is 11.1 Å². The second kappa shape index (κ2) is 4.97. The third-order valence-corrected chi connectivity index (χ3v) is 3.76. The highest BCUT2D eigenvalue weighted by molar-refractivity contribution is 5.81. The Balaban J connectivity index is 2.25. The van der Waals surface area contributed by atoms with Gasteiger partial charge in [-0.1, -0.05) is 24.3 Å². The van der Waals surface area contributed by atoms with Crippen molar-refractivity contribution in [2.24, 2.45) is 4.99 Å². The van der Waals surface area contributed by atoms with Gasteiger partial charge in [-0.05, 0) is 45.7 Å². The van der Waals surface area contributed by atoms with Gasteiger partial charge in [0.1, 0.15) is 0 Å². The Kier molecular flexibility index (Phi) is 3.78. The predicted molar refractivity (Wildman–Crippen MR) is 84.3 cm³/mol. The van der Waals surface area contributed by atoms with Crippen molar-refractivity contribution in [1.29, 1.82) is 0 Å². The molecule has 0 unspecified atom stereocenters. The zero-order valence-electron chi connectivity index (χ0n) is 13.2. The van der Waals surface area contributed by atoms with Crippen molar-refractivity contribution in [3.8, 4) is 0 Å². The molecule has 1 fully saturated rings. The van der Waals surface area contributed by atoms with Gasteiger partial charge in [-0.15, -0.1) is 0 Å². The van der Waals surface area contributed by atoms with Gasteiger partial charge in [-0.2, -0.15) is 0 Å². The molecule has 110 valence electrons. The van der Waals surface area contributed by atoms with E-state index in [0.717, 1.165) is 5.56 Å². The number of aliphatic hydroxyl groups is 1. The molecule has 0 amide bonds. The summed E-state index contributed by atoms with van der Waals surface area (Å²) in [6, 6.07) is 8.09. The van der Waals surface area contributed by atoms with Crippen LogP contribution in [-0.4, -0.2) is 28.1 Å². The van der Waals surface area contributed by atoms with E-state index in [4.69, 9.17) is 0 Å². The molecule has 20 heavy (non-hydrogen) atoms. The summed E-state index contributed by atoms with van der Waals surface area (Å²) >= 11 is 0. The average molecular weight is 274 g/mol. The van der Waals surface area contributed by atoms with Gasteiger partial charge >= 0.3 is 0 Å². The summed E-state index contributed by atoms with van der Waals surface area (Å²) in [6.45, 7) is 10.5. The zero-order valence-corrected chi connectivity index (χ0v) is 13.2. The minimum Gasteiger partial charge on any atom is -0.369 e. The number of piperidine rings is 1. The second-order valence-electron chi connectivity index (χ2n) is 7.34. The van der Waals surface area contributed by atoms with Gasteiger partial charge in [0.15, 0.2) is 5.72 Å². The molecular formula is C17H26N2O. The molecule has 1 aliphatic heterocycles. The van der Waals surface area contributed by atoms with Gasteiger partial charge < -0.3 is 10.4 Å². The molecule has 3 nitrogen and oxygen atoms in total. The topological polar surface area (TPSA) is 44.6 Å². The van der Waals surface area contributed by atoms with Crippen molar-refractivity contribution in [3.05, 3.63) is 35.4 Å². The van der Waals surface area contributed by atoms with Gasteiger partial charge in [0.2, 0.25) is 0 Å². The number of aryl methyl sites for hydroxylation is 1. The fraction of sp³-hybridized carbons (Fsp3) is 0.588. The van der Waals surface area contributed by atoms with Gasteiger partial charge in [-0.3, -0.25) is 4.99 Å². The SMILES string of the molecule is Cc1ccccc1C=NC1(O)CC(C)(C)NC(C)(C)C1. The van der Waals surface area contributed by atoms with Crippen LogP contribution in [0.1, 0.15) is 51.7 Å². The third-order valence-electron chi connectivity index (χ3n) is 3.76. The normalized spacial score (nSPS) is 23.9. The Labute approximate surface area is 122 Å². The Morgan fingerprint density at radius 3 is 2.20 bits per heavy atom. The maximum atomic E-state index is 10.9. The van der Waals surface area contributed by atoms with E-state index in [1.54, 1.807) is 0 Å². The van der Waals surface area contributed by atoms with Crippen LogP contribution in [0.5, 0.6) is 0 Å². The first-order chi connectivity index (χ1) is 9.11. The molecule has 0 spiro atoms. The number of hydrogen-bond donors (Lipinski definition) is 2. The number of nitrogens with zero attached hydrogens (tertiary/aromatic N) is 1. The zero-order chi connectivity index (χ0) is 15.0. The van der Waals surface area contributed by atoms with Gasteiger partial charge in [0.25, 0.3) is 0 Å². The number of benzene rings is 1. The van der Waals surface area contributed by atoms with Crippen molar-refractivity contribution in [2.75, 3.05) is 0 Å². The summed E-state index contributed by atoms with van der Waals surface area (Å²) in [5.41, 5.74) is 0.988. The van der Waals surface area contributed by atoms with Crippen molar-refractivity contribution >= 4 is 6.21 Å². The average Bonchev–Trinajstić information content (AvgIpc) is 2.23. The van der Waals surface area contributed by atoms with Crippen LogP contribution >= 0.6 is 0 Å². The van der Waals surface area contributed by atoms with E-state index in [2.05, 4.69) is 51.0 Å². The smallest absolute Gasteiger partial charge is 0.159 e. The molecule has 0 atom stereocenters. The number of hydrogen-bond acceptors (Lipinski definition) is 3. The largest absolute Gasteiger partial charge is 0.369 e. The summed E-state index contributed by atoms with van der Waals surface area (Å²) < 4.78 is 0. The van der Waals surface area contributed by atoms with Crippen LogP contribution in [0.25, 0.3) is 0 Å². The van der Waals surface area contributed by atoms with Crippen molar-refractivity contribution < 1.29 is 5.11 Å². The maximum absolute atomic E-state index is 10.9. The minimum absolute atomic E-state index is 0.125. The Morgan fingerprint density at radius 1 is 1.10 bits per heavy atom. The van der Waals surface area contributed by atoms with Gasteiger partial charge in [0.05, 0.1) is 0 Å². The summed E-state index contributed by atoms with van der Waals surface area (Å²) in [6.07, 6.45) is 3.05. The molecule has 0 aromatic heterocycles. The van der Waals surface area contributed by atoms with Crippen LogP contribution in [0.3, 0.4) is 0 Å². The van der Waals surface area contributed by atoms with Crippen molar-refractivity contribution in [3.63, 3.8) is 0 Å². The Bertz CT molecular complexity index is 501. The Morgan fingerprint density at radius 2 is 1.65 bits per heavy atom. The number of rotatable bonds is 2.